The molecule has 3 heteroatoms. The number of hydrogen-bond donors (Lipinski definition) is 0. The molecule has 0 radical (unpaired) electrons. The average Bonchev–Trinajstić information content (AvgIpc) is 2.55. The van der Waals surface area contributed by atoms with Crippen LogP contribution in [-0.4, -0.2) is 18.9 Å². The number of ketones is 1. The molecule has 0 fully saturated rings. The molecule has 2 rings (SSSR count). The van der Waals surface area contributed by atoms with Crippen LogP contribution in [0.25, 0.3) is 0 Å². The molecule has 0 amide bonds. The number of carbonyl (C=O) groups is 2. The summed E-state index contributed by atoms with van der Waals surface area (Å²) in [6.07, 6.45) is 0.500. The monoisotopic (exact) mass is 296 g/mol. The van der Waals surface area contributed by atoms with E-state index in [9.17, 15) is 9.59 Å². The molecule has 0 saturated carbocycles. The average molecular weight is 296 g/mol. The summed E-state index contributed by atoms with van der Waals surface area (Å²) in [5.41, 5.74) is 2.81. The zero-order chi connectivity index (χ0) is 15.9. The molecule has 0 bridgehead atoms. The van der Waals surface area contributed by atoms with Crippen LogP contribution in [0.1, 0.15) is 40.2 Å². The van der Waals surface area contributed by atoms with Gasteiger partial charge in [0, 0.05) is 17.9 Å². The molecule has 0 spiro atoms. The first-order valence-electron chi connectivity index (χ1n) is 7.31. The summed E-state index contributed by atoms with van der Waals surface area (Å²) < 4.78 is 4.76. The molecule has 0 saturated heterocycles. The van der Waals surface area contributed by atoms with Crippen LogP contribution in [0, 0.1) is 6.92 Å². The SMILES string of the molecule is COC(=O)CC(CC(=O)c1ccccc1)c1ccc(C)cc1. The molecule has 0 heterocycles. The summed E-state index contributed by atoms with van der Waals surface area (Å²) in [5, 5.41) is 0. The second-order valence-electron chi connectivity index (χ2n) is 5.38. The lowest BCUT2D eigenvalue weighted by atomic mass is 9.88. The molecule has 0 aromatic heterocycles. The molecule has 2 aromatic rings. The van der Waals surface area contributed by atoms with Crippen molar-refractivity contribution in [3.63, 3.8) is 0 Å². The van der Waals surface area contributed by atoms with E-state index in [0.717, 1.165) is 11.1 Å². The maximum Gasteiger partial charge on any atom is 0.306 e. The van der Waals surface area contributed by atoms with E-state index in [1.54, 1.807) is 12.1 Å². The molecule has 0 N–H and O–H groups in total. The van der Waals surface area contributed by atoms with Crippen LogP contribution < -0.4 is 0 Å². The van der Waals surface area contributed by atoms with Gasteiger partial charge in [0.1, 0.15) is 0 Å². The highest BCUT2D eigenvalue weighted by Crippen LogP contribution is 2.26. The van der Waals surface area contributed by atoms with Crippen molar-refractivity contribution in [1.29, 1.82) is 0 Å². The summed E-state index contributed by atoms with van der Waals surface area (Å²) in [4.78, 5) is 24.1. The fraction of sp³-hybridized carbons (Fsp3) is 0.263. The van der Waals surface area contributed by atoms with E-state index in [1.807, 2.05) is 49.4 Å². The van der Waals surface area contributed by atoms with Crippen molar-refractivity contribution in [2.45, 2.75) is 25.7 Å². The maximum atomic E-state index is 12.4. The van der Waals surface area contributed by atoms with Crippen molar-refractivity contribution in [2.75, 3.05) is 7.11 Å². The van der Waals surface area contributed by atoms with E-state index in [2.05, 4.69) is 0 Å². The van der Waals surface area contributed by atoms with Crippen molar-refractivity contribution in [3.05, 3.63) is 71.3 Å². The summed E-state index contributed by atoms with van der Waals surface area (Å²) in [5.74, 6) is -0.428. The lowest BCUT2D eigenvalue weighted by Crippen LogP contribution is -2.13. The Morgan fingerprint density at radius 3 is 2.18 bits per heavy atom. The Labute approximate surface area is 130 Å². The minimum Gasteiger partial charge on any atom is -0.469 e. The predicted octanol–water partition coefficient (Wildman–Crippen LogP) is 3.91. The first-order chi connectivity index (χ1) is 10.6. The molecule has 0 aliphatic carbocycles. The van der Waals surface area contributed by atoms with E-state index in [0.29, 0.717) is 12.0 Å². The van der Waals surface area contributed by atoms with Crippen molar-refractivity contribution in [3.8, 4) is 0 Å². The van der Waals surface area contributed by atoms with Crippen molar-refractivity contribution in [2.24, 2.45) is 0 Å². The molecule has 0 aliphatic rings. The van der Waals surface area contributed by atoms with Crippen LogP contribution in [0.3, 0.4) is 0 Å². The van der Waals surface area contributed by atoms with E-state index < -0.39 is 0 Å². The predicted molar refractivity (Wildman–Crippen MR) is 85.9 cm³/mol. The number of benzene rings is 2. The number of hydrogen-bond acceptors (Lipinski definition) is 3. The van der Waals surface area contributed by atoms with Gasteiger partial charge in [-0.2, -0.15) is 0 Å². The van der Waals surface area contributed by atoms with Gasteiger partial charge in [-0.25, -0.2) is 0 Å². The smallest absolute Gasteiger partial charge is 0.306 e. The number of ether oxygens (including phenoxy) is 1. The maximum absolute atomic E-state index is 12.4. The molecule has 114 valence electrons. The Kier molecular flexibility index (Phi) is 5.48. The van der Waals surface area contributed by atoms with Crippen molar-refractivity contribution in [1.82, 2.24) is 0 Å². The highest BCUT2D eigenvalue weighted by atomic mass is 16.5. The topological polar surface area (TPSA) is 43.4 Å². The van der Waals surface area contributed by atoms with E-state index >= 15 is 0 Å². The van der Waals surface area contributed by atoms with Crippen molar-refractivity contribution < 1.29 is 14.3 Å². The second kappa shape index (κ2) is 7.55. The minimum absolute atomic E-state index is 0.0371. The number of rotatable bonds is 6. The second-order valence-corrected chi connectivity index (χ2v) is 5.38. The molecule has 0 aliphatic heterocycles. The lowest BCUT2D eigenvalue weighted by molar-refractivity contribution is -0.141. The number of aryl methyl sites for hydroxylation is 1. The van der Waals surface area contributed by atoms with Gasteiger partial charge in [0.15, 0.2) is 5.78 Å². The Hall–Kier alpha value is -2.42. The largest absolute Gasteiger partial charge is 0.469 e. The number of esters is 1. The van der Waals surface area contributed by atoms with E-state index in [1.165, 1.54) is 7.11 Å². The summed E-state index contributed by atoms with van der Waals surface area (Å²) >= 11 is 0. The lowest BCUT2D eigenvalue weighted by Gasteiger charge is -2.16. The van der Waals surface area contributed by atoms with Gasteiger partial charge in [-0.3, -0.25) is 9.59 Å². The van der Waals surface area contributed by atoms with Gasteiger partial charge in [0.2, 0.25) is 0 Å². The Morgan fingerprint density at radius 1 is 0.955 bits per heavy atom. The van der Waals surface area contributed by atoms with E-state index in [-0.39, 0.29) is 24.1 Å². The third kappa shape index (κ3) is 4.29. The first-order valence-corrected chi connectivity index (χ1v) is 7.31. The minimum atomic E-state index is -0.300. The van der Waals surface area contributed by atoms with Gasteiger partial charge >= 0.3 is 5.97 Å². The highest BCUT2D eigenvalue weighted by molar-refractivity contribution is 5.96. The fourth-order valence-electron chi connectivity index (χ4n) is 2.40. The van der Waals surface area contributed by atoms with Gasteiger partial charge < -0.3 is 4.74 Å². The molecule has 3 nitrogen and oxygen atoms in total. The number of carbonyl (C=O) groups excluding carboxylic acids is 2. The fourth-order valence-corrected chi connectivity index (χ4v) is 2.40. The Morgan fingerprint density at radius 2 is 1.59 bits per heavy atom. The van der Waals surface area contributed by atoms with Crippen LogP contribution in [-0.2, 0) is 9.53 Å². The molecular weight excluding hydrogens is 276 g/mol. The van der Waals surface area contributed by atoms with Crippen LogP contribution >= 0.6 is 0 Å². The Bertz CT molecular complexity index is 629. The van der Waals surface area contributed by atoms with Gasteiger partial charge in [0.25, 0.3) is 0 Å². The van der Waals surface area contributed by atoms with Crippen LogP contribution in [0.2, 0.25) is 0 Å². The van der Waals surface area contributed by atoms with Gasteiger partial charge in [0.05, 0.1) is 13.5 Å². The molecule has 2 aromatic carbocycles. The summed E-state index contributed by atoms with van der Waals surface area (Å²) in [7, 11) is 1.37. The molecular formula is C19H20O3. The zero-order valence-corrected chi connectivity index (χ0v) is 12.9. The molecule has 1 atom stereocenters. The third-order valence-corrected chi connectivity index (χ3v) is 3.72. The molecule has 1 unspecified atom stereocenters. The van der Waals surface area contributed by atoms with Gasteiger partial charge in [-0.15, -0.1) is 0 Å². The highest BCUT2D eigenvalue weighted by Gasteiger charge is 2.20. The number of methoxy groups -OCH3 is 1. The van der Waals surface area contributed by atoms with E-state index in [4.69, 9.17) is 4.74 Å². The summed E-state index contributed by atoms with van der Waals surface area (Å²) in [6.45, 7) is 2.01. The number of Topliss-reactive ketones (excluding diaryl/α,β-unsaturated/α-hetero) is 1. The van der Waals surface area contributed by atoms with Crippen molar-refractivity contribution >= 4 is 11.8 Å². The first kappa shape index (κ1) is 16.0. The summed E-state index contributed by atoms with van der Waals surface area (Å²) in [6, 6.07) is 17.1. The standard InChI is InChI=1S/C19H20O3/c1-14-8-10-15(11-9-14)17(13-19(21)22-2)12-18(20)16-6-4-3-5-7-16/h3-11,17H,12-13H2,1-2H3. The molecule has 22 heavy (non-hydrogen) atoms. The van der Waals surface area contributed by atoms with Crippen LogP contribution in [0.15, 0.2) is 54.6 Å². The normalized spacial score (nSPS) is 11.7. The quantitative estimate of drug-likeness (QED) is 0.599. The zero-order valence-electron chi connectivity index (χ0n) is 12.9. The van der Waals surface area contributed by atoms with Crippen LogP contribution in [0.5, 0.6) is 0 Å². The third-order valence-electron chi connectivity index (χ3n) is 3.72. The Balaban J connectivity index is 2.19. The van der Waals surface area contributed by atoms with Gasteiger partial charge in [-0.05, 0) is 12.5 Å². The van der Waals surface area contributed by atoms with Crippen LogP contribution in [0.4, 0.5) is 0 Å². The van der Waals surface area contributed by atoms with Gasteiger partial charge in [-0.1, -0.05) is 60.2 Å².